The number of amides is 1. The minimum absolute atomic E-state index is 0.164. The molecule has 0 radical (unpaired) electrons. The largest absolute Gasteiger partial charge is 0.469 e. The molecule has 1 N–H and O–H groups in total. The van der Waals surface area contributed by atoms with E-state index in [0.29, 0.717) is 6.54 Å². The third-order valence-electron chi connectivity index (χ3n) is 2.49. The lowest BCUT2D eigenvalue weighted by Gasteiger charge is -2.23. The van der Waals surface area contributed by atoms with Gasteiger partial charge < -0.3 is 10.1 Å². The van der Waals surface area contributed by atoms with Gasteiger partial charge in [-0.1, -0.05) is 13.8 Å². The smallest absolute Gasteiger partial charge is 0.315 e. The maximum absolute atomic E-state index is 11.5. The van der Waals surface area contributed by atoms with Gasteiger partial charge in [-0.2, -0.15) is 0 Å². The first-order chi connectivity index (χ1) is 8.35. The number of thiophene rings is 1. The lowest BCUT2D eigenvalue weighted by atomic mass is 9.91. The summed E-state index contributed by atoms with van der Waals surface area (Å²) in [6.45, 7) is 4.57. The van der Waals surface area contributed by atoms with Crippen molar-refractivity contribution in [3.8, 4) is 0 Å². The minimum Gasteiger partial charge on any atom is -0.469 e. The molecule has 1 rings (SSSR count). The molecular weight excluding hydrogens is 318 g/mol. The Labute approximate surface area is 119 Å². The van der Waals surface area contributed by atoms with Crippen molar-refractivity contribution in [1.82, 2.24) is 5.32 Å². The van der Waals surface area contributed by atoms with Crippen LogP contribution in [-0.4, -0.2) is 25.5 Å². The molecule has 4 nitrogen and oxygen atoms in total. The molecule has 1 amide bonds. The summed E-state index contributed by atoms with van der Waals surface area (Å²) in [5, 5.41) is 4.75. The van der Waals surface area contributed by atoms with Crippen molar-refractivity contribution in [3.05, 3.63) is 20.8 Å². The second-order valence-electron chi connectivity index (χ2n) is 4.54. The summed E-state index contributed by atoms with van der Waals surface area (Å²) in [6.07, 6.45) is -0.235. The fourth-order valence-electron chi connectivity index (χ4n) is 1.34. The maximum atomic E-state index is 11.5. The molecule has 0 aromatic carbocycles. The highest BCUT2D eigenvalue weighted by molar-refractivity contribution is 9.10. The number of methoxy groups -OCH3 is 1. The highest BCUT2D eigenvalue weighted by Crippen LogP contribution is 2.30. The number of ether oxygens (including phenoxy) is 1. The van der Waals surface area contributed by atoms with Gasteiger partial charge in [-0.3, -0.25) is 9.59 Å². The molecule has 100 valence electrons. The molecule has 0 fully saturated rings. The molecule has 18 heavy (non-hydrogen) atoms. The SMILES string of the molecule is COC(=O)CC(=O)NCC(C)(C)c1cc(Br)cs1. The zero-order chi connectivity index (χ0) is 13.8. The van der Waals surface area contributed by atoms with Gasteiger partial charge in [-0.15, -0.1) is 11.3 Å². The Morgan fingerprint density at radius 3 is 2.67 bits per heavy atom. The molecule has 0 aliphatic heterocycles. The summed E-state index contributed by atoms with van der Waals surface area (Å²) in [4.78, 5) is 23.6. The van der Waals surface area contributed by atoms with Crippen LogP contribution in [0.5, 0.6) is 0 Å². The van der Waals surface area contributed by atoms with Crippen LogP contribution in [0.3, 0.4) is 0 Å². The van der Waals surface area contributed by atoms with Crippen LogP contribution < -0.4 is 5.32 Å². The molecule has 0 atom stereocenters. The molecule has 6 heteroatoms. The Kier molecular flexibility index (Phi) is 5.34. The van der Waals surface area contributed by atoms with Crippen molar-refractivity contribution in [2.75, 3.05) is 13.7 Å². The second-order valence-corrected chi connectivity index (χ2v) is 6.37. The molecule has 0 saturated carbocycles. The standard InChI is InChI=1S/C12H16BrNO3S/c1-12(2,9-4-8(13)6-18-9)7-14-10(15)5-11(16)17-3/h4,6H,5,7H2,1-3H3,(H,14,15). The Morgan fingerprint density at radius 2 is 2.17 bits per heavy atom. The first-order valence-electron chi connectivity index (χ1n) is 5.43. The van der Waals surface area contributed by atoms with E-state index in [0.717, 1.165) is 4.47 Å². The molecule has 0 aliphatic carbocycles. The van der Waals surface area contributed by atoms with Crippen LogP contribution in [0.4, 0.5) is 0 Å². The summed E-state index contributed by atoms with van der Waals surface area (Å²) in [7, 11) is 1.27. The molecule has 1 heterocycles. The summed E-state index contributed by atoms with van der Waals surface area (Å²) >= 11 is 5.05. The quantitative estimate of drug-likeness (QED) is 0.665. The summed E-state index contributed by atoms with van der Waals surface area (Å²) in [5.41, 5.74) is -0.164. The number of carbonyl (C=O) groups is 2. The van der Waals surface area contributed by atoms with Gasteiger partial charge >= 0.3 is 5.97 Å². The molecule has 0 bridgehead atoms. The van der Waals surface area contributed by atoms with Crippen LogP contribution in [-0.2, 0) is 19.7 Å². The Morgan fingerprint density at radius 1 is 1.50 bits per heavy atom. The van der Waals surface area contributed by atoms with Crippen LogP contribution in [0, 0.1) is 0 Å². The molecule has 0 spiro atoms. The van der Waals surface area contributed by atoms with Crippen molar-refractivity contribution < 1.29 is 14.3 Å². The van der Waals surface area contributed by atoms with E-state index < -0.39 is 5.97 Å². The second kappa shape index (κ2) is 6.33. The van der Waals surface area contributed by atoms with Crippen molar-refractivity contribution in [1.29, 1.82) is 0 Å². The lowest BCUT2D eigenvalue weighted by molar-refractivity contribution is -0.143. The zero-order valence-electron chi connectivity index (χ0n) is 10.6. The van der Waals surface area contributed by atoms with Crippen LogP contribution >= 0.6 is 27.3 Å². The van der Waals surface area contributed by atoms with Gasteiger partial charge in [0, 0.05) is 26.7 Å². The summed E-state index contributed by atoms with van der Waals surface area (Å²) < 4.78 is 5.48. The van der Waals surface area contributed by atoms with E-state index in [1.54, 1.807) is 11.3 Å². The highest BCUT2D eigenvalue weighted by Gasteiger charge is 2.23. The number of hydrogen-bond donors (Lipinski definition) is 1. The molecule has 1 aromatic rings. The third-order valence-corrected chi connectivity index (χ3v) is 4.55. The zero-order valence-corrected chi connectivity index (χ0v) is 13.0. The average molecular weight is 334 g/mol. The van der Waals surface area contributed by atoms with E-state index in [2.05, 4.69) is 26.0 Å². The predicted octanol–water partition coefficient (Wildman–Crippen LogP) is 2.47. The van der Waals surface area contributed by atoms with Crippen molar-refractivity contribution in [2.24, 2.45) is 0 Å². The van der Waals surface area contributed by atoms with E-state index in [4.69, 9.17) is 0 Å². The van der Waals surface area contributed by atoms with E-state index in [1.165, 1.54) is 12.0 Å². The van der Waals surface area contributed by atoms with Gasteiger partial charge in [-0.05, 0) is 22.0 Å². The van der Waals surface area contributed by atoms with E-state index in [1.807, 2.05) is 25.3 Å². The summed E-state index contributed by atoms with van der Waals surface area (Å²) in [5.74, 6) is -0.838. The van der Waals surface area contributed by atoms with Gasteiger partial charge in [-0.25, -0.2) is 0 Å². The minimum atomic E-state index is -0.524. The number of hydrogen-bond acceptors (Lipinski definition) is 4. The van der Waals surface area contributed by atoms with Gasteiger partial charge in [0.15, 0.2) is 0 Å². The van der Waals surface area contributed by atoms with E-state index in [9.17, 15) is 9.59 Å². The Balaban J connectivity index is 2.52. The Hall–Kier alpha value is -0.880. The van der Waals surface area contributed by atoms with E-state index >= 15 is 0 Å². The van der Waals surface area contributed by atoms with Gasteiger partial charge in [0.25, 0.3) is 0 Å². The number of esters is 1. The topological polar surface area (TPSA) is 55.4 Å². The molecule has 0 unspecified atom stereocenters. The maximum Gasteiger partial charge on any atom is 0.315 e. The predicted molar refractivity (Wildman–Crippen MR) is 74.7 cm³/mol. The fraction of sp³-hybridized carbons (Fsp3) is 0.500. The van der Waals surface area contributed by atoms with Crippen molar-refractivity contribution >= 4 is 39.1 Å². The summed E-state index contributed by atoms with van der Waals surface area (Å²) in [6, 6.07) is 2.04. The van der Waals surface area contributed by atoms with Crippen LogP contribution in [0.25, 0.3) is 0 Å². The number of nitrogens with one attached hydrogen (secondary N) is 1. The van der Waals surface area contributed by atoms with Gasteiger partial charge in [0.2, 0.25) is 5.91 Å². The normalized spacial score (nSPS) is 11.1. The first-order valence-corrected chi connectivity index (χ1v) is 7.10. The van der Waals surface area contributed by atoms with Gasteiger partial charge in [0.1, 0.15) is 6.42 Å². The van der Waals surface area contributed by atoms with E-state index in [-0.39, 0.29) is 17.7 Å². The molecule has 0 saturated heterocycles. The monoisotopic (exact) mass is 333 g/mol. The van der Waals surface area contributed by atoms with Crippen molar-refractivity contribution in [2.45, 2.75) is 25.7 Å². The molecule has 1 aromatic heterocycles. The number of carbonyl (C=O) groups excluding carboxylic acids is 2. The third kappa shape index (κ3) is 4.42. The van der Waals surface area contributed by atoms with Crippen LogP contribution in [0.15, 0.2) is 15.9 Å². The first kappa shape index (κ1) is 15.2. The lowest BCUT2D eigenvalue weighted by Crippen LogP contribution is -2.37. The average Bonchev–Trinajstić information content (AvgIpc) is 2.74. The van der Waals surface area contributed by atoms with Crippen molar-refractivity contribution in [3.63, 3.8) is 0 Å². The number of rotatable bonds is 5. The fourth-order valence-corrected chi connectivity index (χ4v) is 2.89. The highest BCUT2D eigenvalue weighted by atomic mass is 79.9. The molecule has 0 aliphatic rings. The number of halogens is 1. The van der Waals surface area contributed by atoms with Gasteiger partial charge in [0.05, 0.1) is 7.11 Å². The molecular formula is C12H16BrNO3S. The van der Waals surface area contributed by atoms with Crippen LogP contribution in [0.2, 0.25) is 0 Å². The Bertz CT molecular complexity index is 442. The van der Waals surface area contributed by atoms with Crippen LogP contribution in [0.1, 0.15) is 25.1 Å².